The molecule has 1 saturated carbocycles. The van der Waals surface area contributed by atoms with Gasteiger partial charge in [-0.2, -0.15) is 5.10 Å². The monoisotopic (exact) mass is 209 g/mol. The van der Waals surface area contributed by atoms with E-state index in [9.17, 15) is 5.11 Å². The standard InChI is InChI=1S/C11H19N3O/c1-14-11(12-8-13-14)6-10(7-15)9-4-2-3-5-9/h8-10,15H,2-7H2,1H3. The van der Waals surface area contributed by atoms with Gasteiger partial charge in [-0.15, -0.1) is 0 Å². The molecule has 1 aliphatic rings. The zero-order chi connectivity index (χ0) is 10.7. The third-order valence-electron chi connectivity index (χ3n) is 3.55. The Morgan fingerprint density at radius 1 is 1.53 bits per heavy atom. The van der Waals surface area contributed by atoms with Crippen molar-refractivity contribution in [2.24, 2.45) is 18.9 Å². The SMILES string of the molecule is Cn1ncnc1CC(CO)C1CCCC1. The Kier molecular flexibility index (Phi) is 3.36. The van der Waals surface area contributed by atoms with Crippen molar-refractivity contribution >= 4 is 0 Å². The van der Waals surface area contributed by atoms with E-state index in [2.05, 4.69) is 10.1 Å². The van der Waals surface area contributed by atoms with Crippen molar-refractivity contribution in [2.75, 3.05) is 6.61 Å². The zero-order valence-corrected chi connectivity index (χ0v) is 9.26. The molecule has 2 rings (SSSR count). The molecular weight excluding hydrogens is 190 g/mol. The summed E-state index contributed by atoms with van der Waals surface area (Å²) >= 11 is 0. The van der Waals surface area contributed by atoms with Crippen LogP contribution in [-0.4, -0.2) is 26.5 Å². The second kappa shape index (κ2) is 4.75. The second-order valence-corrected chi connectivity index (χ2v) is 4.49. The molecule has 0 bridgehead atoms. The van der Waals surface area contributed by atoms with Crippen molar-refractivity contribution in [3.05, 3.63) is 12.2 Å². The molecule has 0 saturated heterocycles. The Balaban J connectivity index is 1.98. The highest BCUT2D eigenvalue weighted by Crippen LogP contribution is 2.32. The Hall–Kier alpha value is -0.900. The number of aromatic nitrogens is 3. The van der Waals surface area contributed by atoms with E-state index < -0.39 is 0 Å². The molecule has 1 N–H and O–H groups in total. The molecule has 0 aliphatic heterocycles. The number of aliphatic hydroxyl groups is 1. The lowest BCUT2D eigenvalue weighted by molar-refractivity contribution is 0.173. The van der Waals surface area contributed by atoms with Gasteiger partial charge in [0.15, 0.2) is 0 Å². The second-order valence-electron chi connectivity index (χ2n) is 4.49. The van der Waals surface area contributed by atoms with Gasteiger partial charge in [-0.1, -0.05) is 25.7 Å². The fourth-order valence-corrected chi connectivity index (χ4v) is 2.55. The lowest BCUT2D eigenvalue weighted by Gasteiger charge is -2.20. The molecule has 4 nitrogen and oxygen atoms in total. The molecule has 1 heterocycles. The van der Waals surface area contributed by atoms with Crippen LogP contribution in [0.25, 0.3) is 0 Å². The van der Waals surface area contributed by atoms with Crippen LogP contribution in [0.2, 0.25) is 0 Å². The number of hydrogen-bond donors (Lipinski definition) is 1. The molecule has 15 heavy (non-hydrogen) atoms. The van der Waals surface area contributed by atoms with Gasteiger partial charge in [-0.3, -0.25) is 4.68 Å². The molecule has 1 aliphatic carbocycles. The van der Waals surface area contributed by atoms with Gasteiger partial charge < -0.3 is 5.11 Å². The van der Waals surface area contributed by atoms with E-state index in [0.29, 0.717) is 11.8 Å². The quantitative estimate of drug-likeness (QED) is 0.809. The van der Waals surface area contributed by atoms with Crippen molar-refractivity contribution in [1.29, 1.82) is 0 Å². The first-order chi connectivity index (χ1) is 7.31. The van der Waals surface area contributed by atoms with Crippen molar-refractivity contribution in [2.45, 2.75) is 32.1 Å². The Labute approximate surface area is 90.3 Å². The number of aliphatic hydroxyl groups excluding tert-OH is 1. The van der Waals surface area contributed by atoms with Gasteiger partial charge in [0.2, 0.25) is 0 Å². The fraction of sp³-hybridized carbons (Fsp3) is 0.818. The fourth-order valence-electron chi connectivity index (χ4n) is 2.55. The van der Waals surface area contributed by atoms with Crippen molar-refractivity contribution in [1.82, 2.24) is 14.8 Å². The zero-order valence-electron chi connectivity index (χ0n) is 9.26. The van der Waals surface area contributed by atoms with Gasteiger partial charge in [0, 0.05) is 20.1 Å². The molecule has 1 aromatic heterocycles. The van der Waals surface area contributed by atoms with Crippen LogP contribution in [0.5, 0.6) is 0 Å². The smallest absolute Gasteiger partial charge is 0.138 e. The van der Waals surface area contributed by atoms with E-state index in [1.807, 2.05) is 7.05 Å². The van der Waals surface area contributed by atoms with E-state index in [1.165, 1.54) is 25.7 Å². The van der Waals surface area contributed by atoms with E-state index in [0.717, 1.165) is 12.2 Å². The molecule has 0 amide bonds. The first kappa shape index (κ1) is 10.6. The Morgan fingerprint density at radius 2 is 2.27 bits per heavy atom. The van der Waals surface area contributed by atoms with Crippen LogP contribution in [-0.2, 0) is 13.5 Å². The highest BCUT2D eigenvalue weighted by atomic mass is 16.3. The summed E-state index contributed by atoms with van der Waals surface area (Å²) in [6, 6.07) is 0. The van der Waals surface area contributed by atoms with Gasteiger partial charge in [-0.25, -0.2) is 4.98 Å². The summed E-state index contributed by atoms with van der Waals surface area (Å²) in [5, 5.41) is 13.5. The summed E-state index contributed by atoms with van der Waals surface area (Å²) in [5.41, 5.74) is 0. The molecule has 0 spiro atoms. The van der Waals surface area contributed by atoms with Crippen LogP contribution in [0.15, 0.2) is 6.33 Å². The van der Waals surface area contributed by atoms with Gasteiger partial charge in [0.05, 0.1) is 0 Å². The molecule has 1 aromatic rings. The van der Waals surface area contributed by atoms with E-state index in [4.69, 9.17) is 0 Å². The molecule has 1 fully saturated rings. The van der Waals surface area contributed by atoms with Crippen LogP contribution in [0.1, 0.15) is 31.5 Å². The topological polar surface area (TPSA) is 50.9 Å². The van der Waals surface area contributed by atoms with Crippen molar-refractivity contribution < 1.29 is 5.11 Å². The van der Waals surface area contributed by atoms with Crippen LogP contribution < -0.4 is 0 Å². The molecule has 1 unspecified atom stereocenters. The minimum absolute atomic E-state index is 0.275. The molecule has 1 atom stereocenters. The highest BCUT2D eigenvalue weighted by Gasteiger charge is 2.25. The number of nitrogens with zero attached hydrogens (tertiary/aromatic N) is 3. The summed E-state index contributed by atoms with van der Waals surface area (Å²) in [6.45, 7) is 0.275. The maximum absolute atomic E-state index is 9.42. The first-order valence-corrected chi connectivity index (χ1v) is 5.75. The van der Waals surface area contributed by atoms with Crippen LogP contribution in [0.4, 0.5) is 0 Å². The van der Waals surface area contributed by atoms with Crippen molar-refractivity contribution in [3.63, 3.8) is 0 Å². The lowest BCUT2D eigenvalue weighted by Crippen LogP contribution is -2.20. The Bertz CT molecular complexity index is 305. The van der Waals surface area contributed by atoms with E-state index in [-0.39, 0.29) is 6.61 Å². The number of aryl methyl sites for hydroxylation is 1. The minimum Gasteiger partial charge on any atom is -0.396 e. The van der Waals surface area contributed by atoms with Gasteiger partial charge in [-0.05, 0) is 11.8 Å². The predicted molar refractivity (Wildman–Crippen MR) is 57.2 cm³/mol. The molecule has 0 radical (unpaired) electrons. The highest BCUT2D eigenvalue weighted by molar-refractivity contribution is 4.89. The summed E-state index contributed by atoms with van der Waals surface area (Å²) in [6.07, 6.45) is 7.61. The number of rotatable bonds is 4. The largest absolute Gasteiger partial charge is 0.396 e. The van der Waals surface area contributed by atoms with Crippen LogP contribution in [0.3, 0.4) is 0 Å². The molecule has 4 heteroatoms. The normalized spacial score (nSPS) is 19.6. The number of hydrogen-bond acceptors (Lipinski definition) is 3. The third kappa shape index (κ3) is 2.37. The maximum atomic E-state index is 9.42. The summed E-state index contributed by atoms with van der Waals surface area (Å²) in [7, 11) is 1.91. The summed E-state index contributed by atoms with van der Waals surface area (Å²) in [4.78, 5) is 4.22. The van der Waals surface area contributed by atoms with Crippen LogP contribution >= 0.6 is 0 Å². The van der Waals surface area contributed by atoms with Crippen molar-refractivity contribution in [3.8, 4) is 0 Å². The summed E-state index contributed by atoms with van der Waals surface area (Å²) < 4.78 is 1.80. The average molecular weight is 209 g/mol. The maximum Gasteiger partial charge on any atom is 0.138 e. The summed E-state index contributed by atoms with van der Waals surface area (Å²) in [5.74, 6) is 2.04. The molecular formula is C11H19N3O. The van der Waals surface area contributed by atoms with Gasteiger partial charge in [0.25, 0.3) is 0 Å². The van der Waals surface area contributed by atoms with E-state index >= 15 is 0 Å². The lowest BCUT2D eigenvalue weighted by atomic mass is 9.88. The first-order valence-electron chi connectivity index (χ1n) is 5.75. The predicted octanol–water partition coefficient (Wildman–Crippen LogP) is 1.16. The average Bonchev–Trinajstić information content (AvgIpc) is 2.86. The van der Waals surface area contributed by atoms with Gasteiger partial charge in [0.1, 0.15) is 12.2 Å². The van der Waals surface area contributed by atoms with E-state index in [1.54, 1.807) is 11.0 Å². The Morgan fingerprint density at radius 3 is 2.80 bits per heavy atom. The third-order valence-corrected chi connectivity index (χ3v) is 3.55. The van der Waals surface area contributed by atoms with Crippen LogP contribution in [0, 0.1) is 11.8 Å². The minimum atomic E-state index is 0.275. The van der Waals surface area contributed by atoms with Gasteiger partial charge >= 0.3 is 0 Å². The molecule has 84 valence electrons. The molecule has 0 aromatic carbocycles.